The van der Waals surface area contributed by atoms with Crippen LogP contribution in [0.25, 0.3) is 0 Å². The highest BCUT2D eigenvalue weighted by molar-refractivity contribution is 5.66. The van der Waals surface area contributed by atoms with E-state index in [0.29, 0.717) is 17.5 Å². The minimum Gasteiger partial charge on any atom is -0.507 e. The fourth-order valence-corrected chi connectivity index (χ4v) is 1.67. The van der Waals surface area contributed by atoms with Crippen LogP contribution in [-0.2, 0) is 11.2 Å². The van der Waals surface area contributed by atoms with Gasteiger partial charge in [-0.2, -0.15) is 0 Å². The third-order valence-corrected chi connectivity index (χ3v) is 2.43. The molecule has 2 N–H and O–H groups in total. The summed E-state index contributed by atoms with van der Waals surface area (Å²) in [6.07, 6.45) is -2.18. The van der Waals surface area contributed by atoms with E-state index in [1.54, 1.807) is 13.0 Å². The highest BCUT2D eigenvalue weighted by Gasteiger charge is 2.16. The van der Waals surface area contributed by atoms with Crippen molar-refractivity contribution in [3.05, 3.63) is 28.8 Å². The molecule has 0 saturated carbocycles. The lowest BCUT2D eigenvalue weighted by Crippen LogP contribution is -1.98. The molecule has 0 fully saturated rings. The molecular weight excluding hydrogens is 230 g/mol. The van der Waals surface area contributed by atoms with E-state index in [-0.39, 0.29) is 12.8 Å². The monoisotopic (exact) mass is 244 g/mol. The van der Waals surface area contributed by atoms with Crippen LogP contribution in [0.3, 0.4) is 0 Å². The van der Waals surface area contributed by atoms with Gasteiger partial charge in [-0.3, -0.25) is 4.79 Å². The van der Waals surface area contributed by atoms with Crippen LogP contribution in [0.2, 0.25) is 0 Å². The van der Waals surface area contributed by atoms with Crippen molar-refractivity contribution < 1.29 is 23.8 Å². The number of phenols is 1. The van der Waals surface area contributed by atoms with E-state index in [9.17, 15) is 18.7 Å². The zero-order valence-corrected chi connectivity index (χ0v) is 9.41. The normalized spacial score (nSPS) is 10.8. The first kappa shape index (κ1) is 13.4. The van der Waals surface area contributed by atoms with Gasteiger partial charge in [0, 0.05) is 6.42 Å². The zero-order valence-electron chi connectivity index (χ0n) is 9.41. The summed E-state index contributed by atoms with van der Waals surface area (Å²) in [6.45, 7) is 1.66. The van der Waals surface area contributed by atoms with E-state index in [2.05, 4.69) is 0 Å². The fraction of sp³-hybridized carbons (Fsp3) is 0.417. The van der Waals surface area contributed by atoms with Crippen LogP contribution in [0.1, 0.15) is 36.0 Å². The molecule has 94 valence electrons. The number of rotatable bonds is 5. The smallest absolute Gasteiger partial charge is 0.303 e. The number of hydrogen-bond acceptors (Lipinski definition) is 2. The van der Waals surface area contributed by atoms with E-state index < -0.39 is 23.7 Å². The van der Waals surface area contributed by atoms with Crippen LogP contribution in [0.4, 0.5) is 8.78 Å². The SMILES string of the molecule is Cc1cc(CCCC(=O)O)c(O)c(C(F)F)c1. The number of aliphatic carboxylic acids is 1. The molecule has 1 rings (SSSR count). The van der Waals surface area contributed by atoms with E-state index in [1.165, 1.54) is 6.07 Å². The van der Waals surface area contributed by atoms with E-state index >= 15 is 0 Å². The van der Waals surface area contributed by atoms with Gasteiger partial charge in [0.25, 0.3) is 6.43 Å². The van der Waals surface area contributed by atoms with Crippen molar-refractivity contribution in [3.8, 4) is 5.75 Å². The largest absolute Gasteiger partial charge is 0.507 e. The molecule has 0 amide bonds. The molecule has 0 aliphatic heterocycles. The number of benzene rings is 1. The van der Waals surface area contributed by atoms with Crippen LogP contribution >= 0.6 is 0 Å². The zero-order chi connectivity index (χ0) is 13.0. The van der Waals surface area contributed by atoms with Gasteiger partial charge in [0.1, 0.15) is 5.75 Å². The lowest BCUT2D eigenvalue weighted by molar-refractivity contribution is -0.137. The molecule has 0 aliphatic carbocycles. The maximum atomic E-state index is 12.6. The minimum absolute atomic E-state index is 0.0443. The number of carboxylic acids is 1. The van der Waals surface area contributed by atoms with Gasteiger partial charge < -0.3 is 10.2 Å². The number of aryl methyl sites for hydroxylation is 2. The summed E-state index contributed by atoms with van der Waals surface area (Å²) in [6, 6.07) is 2.84. The van der Waals surface area contributed by atoms with Gasteiger partial charge in [-0.05, 0) is 31.4 Å². The molecule has 3 nitrogen and oxygen atoms in total. The van der Waals surface area contributed by atoms with Gasteiger partial charge in [0.05, 0.1) is 5.56 Å². The van der Waals surface area contributed by atoms with Crippen molar-refractivity contribution in [2.45, 2.75) is 32.6 Å². The maximum absolute atomic E-state index is 12.6. The van der Waals surface area contributed by atoms with E-state index in [1.807, 2.05) is 0 Å². The second-order valence-corrected chi connectivity index (χ2v) is 3.91. The van der Waals surface area contributed by atoms with Gasteiger partial charge in [-0.1, -0.05) is 11.6 Å². The molecule has 0 saturated heterocycles. The molecule has 0 radical (unpaired) electrons. The molecule has 5 heteroatoms. The highest BCUT2D eigenvalue weighted by Crippen LogP contribution is 2.33. The third kappa shape index (κ3) is 3.69. The molecule has 0 heterocycles. The number of halogens is 2. The Kier molecular flexibility index (Phi) is 4.43. The first-order valence-corrected chi connectivity index (χ1v) is 5.24. The summed E-state index contributed by atoms with van der Waals surface area (Å²) in [4.78, 5) is 10.3. The van der Waals surface area contributed by atoms with Crippen molar-refractivity contribution in [2.24, 2.45) is 0 Å². The standard InChI is InChI=1S/C12H14F2O3/c1-7-5-8(3-2-4-10(15)16)11(17)9(6-7)12(13)14/h5-6,12,17H,2-4H2,1H3,(H,15,16). The molecule has 0 aliphatic rings. The number of aromatic hydroxyl groups is 1. The number of carboxylic acid groups (broad SMARTS) is 1. The molecule has 0 bridgehead atoms. The second kappa shape index (κ2) is 5.61. The summed E-state index contributed by atoms with van der Waals surface area (Å²) >= 11 is 0. The summed E-state index contributed by atoms with van der Waals surface area (Å²) in [7, 11) is 0. The Hall–Kier alpha value is -1.65. The molecule has 0 spiro atoms. The van der Waals surface area contributed by atoms with Crippen LogP contribution in [-0.4, -0.2) is 16.2 Å². The summed E-state index contributed by atoms with van der Waals surface area (Å²) in [5.74, 6) is -1.36. The molecule has 0 aromatic heterocycles. The van der Waals surface area contributed by atoms with Crippen molar-refractivity contribution in [2.75, 3.05) is 0 Å². The Labute approximate surface area is 97.7 Å². The minimum atomic E-state index is -2.73. The molecule has 1 aromatic rings. The van der Waals surface area contributed by atoms with Gasteiger partial charge >= 0.3 is 5.97 Å². The number of alkyl halides is 2. The van der Waals surface area contributed by atoms with E-state index in [4.69, 9.17) is 5.11 Å². The van der Waals surface area contributed by atoms with Gasteiger partial charge in [0.15, 0.2) is 0 Å². The van der Waals surface area contributed by atoms with Gasteiger partial charge in [-0.25, -0.2) is 8.78 Å². The van der Waals surface area contributed by atoms with E-state index in [0.717, 1.165) is 0 Å². The van der Waals surface area contributed by atoms with Crippen LogP contribution in [0.15, 0.2) is 12.1 Å². The first-order chi connectivity index (χ1) is 7.91. The Morgan fingerprint density at radius 2 is 2.06 bits per heavy atom. The van der Waals surface area contributed by atoms with Crippen molar-refractivity contribution >= 4 is 5.97 Å². The summed E-state index contributed by atoms with van der Waals surface area (Å²) < 4.78 is 25.2. The Bertz CT molecular complexity index is 416. The Balaban J connectivity index is 2.88. The van der Waals surface area contributed by atoms with Crippen LogP contribution < -0.4 is 0 Å². The lowest BCUT2D eigenvalue weighted by Gasteiger charge is -2.10. The van der Waals surface area contributed by atoms with Crippen molar-refractivity contribution in [1.29, 1.82) is 0 Å². The quantitative estimate of drug-likeness (QED) is 0.836. The van der Waals surface area contributed by atoms with Crippen molar-refractivity contribution in [3.63, 3.8) is 0 Å². The Morgan fingerprint density at radius 3 is 2.59 bits per heavy atom. The highest BCUT2D eigenvalue weighted by atomic mass is 19.3. The Morgan fingerprint density at radius 1 is 1.41 bits per heavy atom. The predicted molar refractivity (Wildman–Crippen MR) is 58.4 cm³/mol. The molecule has 0 unspecified atom stereocenters. The van der Waals surface area contributed by atoms with Gasteiger partial charge in [-0.15, -0.1) is 0 Å². The average molecular weight is 244 g/mol. The van der Waals surface area contributed by atoms with Crippen LogP contribution in [0.5, 0.6) is 5.75 Å². The third-order valence-electron chi connectivity index (χ3n) is 2.43. The topological polar surface area (TPSA) is 57.5 Å². The average Bonchev–Trinajstić information content (AvgIpc) is 2.21. The van der Waals surface area contributed by atoms with Crippen molar-refractivity contribution in [1.82, 2.24) is 0 Å². The number of hydrogen-bond donors (Lipinski definition) is 2. The molecular formula is C12H14F2O3. The number of carbonyl (C=O) groups is 1. The lowest BCUT2D eigenvalue weighted by atomic mass is 10.0. The molecule has 1 aromatic carbocycles. The number of phenolic OH excluding ortho intramolecular Hbond substituents is 1. The molecule has 17 heavy (non-hydrogen) atoms. The summed E-state index contributed by atoms with van der Waals surface area (Å²) in [5.41, 5.74) is 0.611. The predicted octanol–water partition coefficient (Wildman–Crippen LogP) is 3.05. The fourth-order valence-electron chi connectivity index (χ4n) is 1.67. The first-order valence-electron chi connectivity index (χ1n) is 5.24. The van der Waals surface area contributed by atoms with Gasteiger partial charge in [0.2, 0.25) is 0 Å². The molecule has 0 atom stereocenters. The van der Waals surface area contributed by atoms with Crippen LogP contribution in [0, 0.1) is 6.92 Å². The maximum Gasteiger partial charge on any atom is 0.303 e. The second-order valence-electron chi connectivity index (χ2n) is 3.91. The summed E-state index contributed by atoms with van der Waals surface area (Å²) in [5, 5.41) is 18.1.